The van der Waals surface area contributed by atoms with Gasteiger partial charge in [0, 0.05) is 15.9 Å². The minimum atomic E-state index is 0.0255. The summed E-state index contributed by atoms with van der Waals surface area (Å²) in [5, 5.41) is 3.01. The zero-order valence-electron chi connectivity index (χ0n) is 14.2. The summed E-state index contributed by atoms with van der Waals surface area (Å²) in [6.45, 7) is 6.69. The molecule has 0 heterocycles. The Kier molecular flexibility index (Phi) is 7.18. The van der Waals surface area contributed by atoms with E-state index >= 15 is 0 Å². The van der Waals surface area contributed by atoms with E-state index in [1.54, 1.807) is 11.8 Å². The molecule has 0 atom stereocenters. The summed E-state index contributed by atoms with van der Waals surface area (Å²) in [5.74, 6) is 2.05. The number of carbonyl (C=O) groups is 1. The molecule has 24 heavy (non-hydrogen) atoms. The minimum Gasteiger partial charge on any atom is -0.493 e. The maximum absolute atomic E-state index is 12.1. The molecule has 0 spiro atoms. The van der Waals surface area contributed by atoms with Crippen molar-refractivity contribution in [2.45, 2.75) is 20.8 Å². The van der Waals surface area contributed by atoms with E-state index in [0.717, 1.165) is 32.8 Å². The first-order valence-electron chi connectivity index (χ1n) is 7.79. The number of benzene rings is 2. The number of hydrogen-bond donors (Lipinski definition) is 1. The van der Waals surface area contributed by atoms with Gasteiger partial charge in [0.15, 0.2) is 0 Å². The number of ether oxygens (including phenoxy) is 1. The molecule has 0 bridgehead atoms. The van der Waals surface area contributed by atoms with E-state index in [0.29, 0.717) is 12.4 Å². The summed E-state index contributed by atoms with van der Waals surface area (Å²) >= 11 is 4.98. The van der Waals surface area contributed by atoms with Crippen molar-refractivity contribution in [1.82, 2.24) is 0 Å². The zero-order valence-corrected chi connectivity index (χ0v) is 16.6. The maximum atomic E-state index is 12.1. The molecule has 2 aromatic rings. The highest BCUT2D eigenvalue weighted by Gasteiger charge is 2.08. The van der Waals surface area contributed by atoms with Gasteiger partial charge in [0.25, 0.3) is 0 Å². The van der Waals surface area contributed by atoms with Gasteiger partial charge in [0.1, 0.15) is 5.75 Å². The quantitative estimate of drug-likeness (QED) is 0.646. The van der Waals surface area contributed by atoms with E-state index in [1.165, 1.54) is 5.56 Å². The lowest BCUT2D eigenvalue weighted by molar-refractivity contribution is -0.113. The lowest BCUT2D eigenvalue weighted by Crippen LogP contribution is -2.16. The first-order chi connectivity index (χ1) is 11.5. The van der Waals surface area contributed by atoms with Crippen LogP contribution in [0.5, 0.6) is 5.75 Å². The number of rotatable bonds is 7. The van der Waals surface area contributed by atoms with Crippen molar-refractivity contribution in [3.8, 4) is 5.75 Å². The molecule has 0 saturated heterocycles. The van der Waals surface area contributed by atoms with E-state index in [9.17, 15) is 4.79 Å². The second-order valence-electron chi connectivity index (χ2n) is 5.68. The molecule has 0 radical (unpaired) electrons. The fourth-order valence-corrected chi connectivity index (χ4v) is 3.47. The molecule has 2 rings (SSSR count). The van der Waals surface area contributed by atoms with E-state index < -0.39 is 0 Å². The summed E-state index contributed by atoms with van der Waals surface area (Å²) in [6, 6.07) is 11.9. The highest BCUT2D eigenvalue weighted by molar-refractivity contribution is 9.10. The normalized spacial score (nSPS) is 10.5. The second-order valence-corrected chi connectivity index (χ2v) is 7.70. The molecule has 2 aromatic carbocycles. The van der Waals surface area contributed by atoms with Gasteiger partial charge in [-0.3, -0.25) is 4.79 Å². The third-order valence-corrected chi connectivity index (χ3v) is 4.88. The molecule has 0 aliphatic heterocycles. The number of carbonyl (C=O) groups excluding carboxylic acids is 1. The fraction of sp³-hybridized carbons (Fsp3) is 0.316. The van der Waals surface area contributed by atoms with Crippen molar-refractivity contribution in [1.29, 1.82) is 0 Å². The molecular weight excluding hydrogens is 386 g/mol. The number of nitrogens with one attached hydrogen (secondary N) is 1. The Hall–Kier alpha value is -1.46. The van der Waals surface area contributed by atoms with Crippen LogP contribution in [-0.4, -0.2) is 24.0 Å². The summed E-state index contributed by atoms with van der Waals surface area (Å²) in [4.78, 5) is 12.1. The van der Waals surface area contributed by atoms with Gasteiger partial charge in [-0.15, -0.1) is 11.8 Å². The molecule has 0 aromatic heterocycles. The number of hydrogen-bond acceptors (Lipinski definition) is 3. The Morgan fingerprint density at radius 2 is 1.88 bits per heavy atom. The van der Waals surface area contributed by atoms with Crippen molar-refractivity contribution >= 4 is 39.3 Å². The SMILES string of the molecule is Cc1cc(C)c(NC(=O)CSCCOc2cccc(Br)c2)c(C)c1. The molecule has 1 amide bonds. The van der Waals surface area contributed by atoms with E-state index in [4.69, 9.17) is 4.74 Å². The van der Waals surface area contributed by atoms with Crippen molar-refractivity contribution in [2.75, 3.05) is 23.4 Å². The third-order valence-electron chi connectivity index (χ3n) is 3.47. The maximum Gasteiger partial charge on any atom is 0.234 e. The smallest absolute Gasteiger partial charge is 0.234 e. The van der Waals surface area contributed by atoms with Crippen LogP contribution in [-0.2, 0) is 4.79 Å². The molecule has 0 aliphatic carbocycles. The largest absolute Gasteiger partial charge is 0.493 e. The summed E-state index contributed by atoms with van der Waals surface area (Å²) in [7, 11) is 0. The van der Waals surface area contributed by atoms with Crippen LogP contribution in [0.4, 0.5) is 5.69 Å². The molecule has 3 nitrogen and oxygen atoms in total. The molecule has 0 saturated carbocycles. The van der Waals surface area contributed by atoms with Crippen molar-refractivity contribution in [3.05, 3.63) is 57.6 Å². The first-order valence-corrected chi connectivity index (χ1v) is 9.74. The topological polar surface area (TPSA) is 38.3 Å². The van der Waals surface area contributed by atoms with E-state index in [-0.39, 0.29) is 5.91 Å². The van der Waals surface area contributed by atoms with Gasteiger partial charge < -0.3 is 10.1 Å². The highest BCUT2D eigenvalue weighted by Crippen LogP contribution is 2.22. The van der Waals surface area contributed by atoms with Crippen molar-refractivity contribution < 1.29 is 9.53 Å². The zero-order chi connectivity index (χ0) is 17.5. The standard InChI is InChI=1S/C19H22BrNO2S/c1-13-9-14(2)19(15(3)10-13)21-18(22)12-24-8-7-23-17-6-4-5-16(20)11-17/h4-6,9-11H,7-8,12H2,1-3H3,(H,21,22). The van der Waals surface area contributed by atoms with Gasteiger partial charge in [0.05, 0.1) is 12.4 Å². The molecule has 0 fully saturated rings. The predicted octanol–water partition coefficient (Wildman–Crippen LogP) is 5.13. The number of halogens is 1. The van der Waals surface area contributed by atoms with Crippen LogP contribution in [0.1, 0.15) is 16.7 Å². The predicted molar refractivity (Wildman–Crippen MR) is 106 cm³/mol. The summed E-state index contributed by atoms with van der Waals surface area (Å²) < 4.78 is 6.65. The van der Waals surface area contributed by atoms with Crippen molar-refractivity contribution in [3.63, 3.8) is 0 Å². The fourth-order valence-electron chi connectivity index (χ4n) is 2.49. The highest BCUT2D eigenvalue weighted by atomic mass is 79.9. The molecule has 128 valence electrons. The van der Waals surface area contributed by atoms with Gasteiger partial charge in [-0.05, 0) is 50.1 Å². The molecule has 0 unspecified atom stereocenters. The van der Waals surface area contributed by atoms with Gasteiger partial charge in [-0.1, -0.05) is 39.7 Å². The number of anilines is 1. The Bertz CT molecular complexity index is 695. The number of aryl methyl sites for hydroxylation is 3. The van der Waals surface area contributed by atoms with Gasteiger partial charge in [-0.25, -0.2) is 0 Å². The van der Waals surface area contributed by atoms with Crippen LogP contribution in [0.15, 0.2) is 40.9 Å². The molecule has 0 aliphatic rings. The van der Waals surface area contributed by atoms with Gasteiger partial charge in [0.2, 0.25) is 5.91 Å². The van der Waals surface area contributed by atoms with Gasteiger partial charge in [-0.2, -0.15) is 0 Å². The van der Waals surface area contributed by atoms with Crippen LogP contribution in [0.25, 0.3) is 0 Å². The first kappa shape index (κ1) is 18.9. The monoisotopic (exact) mass is 407 g/mol. The van der Waals surface area contributed by atoms with Crippen molar-refractivity contribution in [2.24, 2.45) is 0 Å². The molecule has 5 heteroatoms. The number of thioether (sulfide) groups is 1. The van der Waals surface area contributed by atoms with E-state index in [2.05, 4.69) is 40.3 Å². The van der Waals surface area contributed by atoms with Crippen LogP contribution >= 0.6 is 27.7 Å². The molecular formula is C19H22BrNO2S. The lowest BCUT2D eigenvalue weighted by Gasteiger charge is -2.13. The Morgan fingerprint density at radius 1 is 1.17 bits per heavy atom. The Morgan fingerprint density at radius 3 is 2.54 bits per heavy atom. The van der Waals surface area contributed by atoms with Crippen LogP contribution in [0, 0.1) is 20.8 Å². The Labute approximate surface area is 156 Å². The minimum absolute atomic E-state index is 0.0255. The summed E-state index contributed by atoms with van der Waals surface area (Å²) in [5.41, 5.74) is 4.34. The number of amides is 1. The lowest BCUT2D eigenvalue weighted by atomic mass is 10.1. The third kappa shape index (κ3) is 5.87. The van der Waals surface area contributed by atoms with Crippen LogP contribution in [0.2, 0.25) is 0 Å². The Balaban J connectivity index is 1.72. The van der Waals surface area contributed by atoms with Crippen LogP contribution < -0.4 is 10.1 Å². The second kappa shape index (κ2) is 9.14. The molecule has 1 N–H and O–H groups in total. The summed E-state index contributed by atoms with van der Waals surface area (Å²) in [6.07, 6.45) is 0. The average molecular weight is 408 g/mol. The average Bonchev–Trinajstić information content (AvgIpc) is 2.50. The van der Waals surface area contributed by atoms with Crippen LogP contribution in [0.3, 0.4) is 0 Å². The van der Waals surface area contributed by atoms with E-state index in [1.807, 2.05) is 38.1 Å². The van der Waals surface area contributed by atoms with Gasteiger partial charge >= 0.3 is 0 Å².